The molecular formula is C17H19N3OS. The second kappa shape index (κ2) is 6.42. The van der Waals surface area contributed by atoms with Crippen LogP contribution in [0.15, 0.2) is 41.1 Å². The number of aromatic nitrogens is 2. The van der Waals surface area contributed by atoms with Crippen LogP contribution in [-0.2, 0) is 0 Å². The van der Waals surface area contributed by atoms with Gasteiger partial charge in [0.1, 0.15) is 5.82 Å². The number of nitrogens with zero attached hydrogens (tertiary/aromatic N) is 2. The third-order valence-electron chi connectivity index (χ3n) is 3.71. The number of aliphatic hydroxyl groups is 1. The van der Waals surface area contributed by atoms with E-state index in [1.165, 1.54) is 0 Å². The van der Waals surface area contributed by atoms with E-state index in [1.807, 2.05) is 41.1 Å². The summed E-state index contributed by atoms with van der Waals surface area (Å²) in [6.07, 6.45) is 0. The highest BCUT2D eigenvalue weighted by Gasteiger charge is 2.16. The summed E-state index contributed by atoms with van der Waals surface area (Å²) in [6.45, 7) is 4.23. The largest absolute Gasteiger partial charge is 0.394 e. The molecular weight excluding hydrogens is 294 g/mol. The Balaban J connectivity index is 2.10. The van der Waals surface area contributed by atoms with Gasteiger partial charge in [-0.25, -0.2) is 9.97 Å². The van der Waals surface area contributed by atoms with Gasteiger partial charge in [0.05, 0.1) is 18.2 Å². The average molecular weight is 313 g/mol. The Morgan fingerprint density at radius 3 is 2.68 bits per heavy atom. The van der Waals surface area contributed by atoms with Gasteiger partial charge in [0, 0.05) is 16.3 Å². The highest BCUT2D eigenvalue weighted by molar-refractivity contribution is 7.08. The molecule has 2 N–H and O–H groups in total. The fraction of sp³-hybridized carbons (Fsp3) is 0.294. The Kier molecular flexibility index (Phi) is 4.36. The SMILES string of the molecule is CC(C)[C@@H](CO)Nc1nc(-c2ccsc2)nc2ccccc12. The Bertz CT molecular complexity index is 756. The Morgan fingerprint density at radius 2 is 2.00 bits per heavy atom. The second-order valence-corrected chi connectivity index (χ2v) is 6.38. The van der Waals surface area contributed by atoms with Gasteiger partial charge in [-0.05, 0) is 29.5 Å². The summed E-state index contributed by atoms with van der Waals surface area (Å²) in [5, 5.41) is 18.0. The third-order valence-corrected chi connectivity index (χ3v) is 4.39. The van der Waals surface area contributed by atoms with Crippen LogP contribution < -0.4 is 5.32 Å². The number of fused-ring (bicyclic) bond motifs is 1. The number of nitrogens with one attached hydrogen (secondary N) is 1. The van der Waals surface area contributed by atoms with Gasteiger partial charge >= 0.3 is 0 Å². The highest BCUT2D eigenvalue weighted by atomic mass is 32.1. The minimum absolute atomic E-state index is 0.0337. The summed E-state index contributed by atoms with van der Waals surface area (Å²) in [4.78, 5) is 9.34. The molecule has 1 aromatic carbocycles. The number of hydrogen-bond acceptors (Lipinski definition) is 5. The lowest BCUT2D eigenvalue weighted by molar-refractivity contribution is 0.249. The molecule has 0 aliphatic heterocycles. The van der Waals surface area contributed by atoms with Gasteiger partial charge in [0.15, 0.2) is 5.82 Å². The first-order valence-corrected chi connectivity index (χ1v) is 8.30. The number of para-hydroxylation sites is 1. The molecule has 114 valence electrons. The molecule has 0 unspecified atom stereocenters. The van der Waals surface area contributed by atoms with Crippen LogP contribution in [0.3, 0.4) is 0 Å². The van der Waals surface area contributed by atoms with Gasteiger partial charge in [0.25, 0.3) is 0 Å². The molecule has 0 bridgehead atoms. The van der Waals surface area contributed by atoms with Gasteiger partial charge in [-0.3, -0.25) is 0 Å². The van der Waals surface area contributed by atoms with Crippen LogP contribution in [0.5, 0.6) is 0 Å². The smallest absolute Gasteiger partial charge is 0.162 e. The van der Waals surface area contributed by atoms with Crippen LogP contribution in [0.4, 0.5) is 5.82 Å². The molecule has 3 rings (SSSR count). The first-order valence-electron chi connectivity index (χ1n) is 7.36. The van der Waals surface area contributed by atoms with Crippen molar-refractivity contribution in [1.82, 2.24) is 9.97 Å². The normalized spacial score (nSPS) is 12.7. The minimum atomic E-state index is -0.0337. The first kappa shape index (κ1) is 14.9. The molecule has 0 fully saturated rings. The molecule has 3 aromatic rings. The van der Waals surface area contributed by atoms with Crippen LogP contribution in [0.1, 0.15) is 13.8 Å². The average Bonchev–Trinajstić information content (AvgIpc) is 3.06. The lowest BCUT2D eigenvalue weighted by Crippen LogP contribution is -2.30. The number of benzene rings is 1. The predicted molar refractivity (Wildman–Crippen MR) is 92.2 cm³/mol. The molecule has 0 aliphatic carbocycles. The van der Waals surface area contributed by atoms with E-state index in [9.17, 15) is 5.11 Å². The molecule has 0 saturated carbocycles. The fourth-order valence-corrected chi connectivity index (χ4v) is 2.94. The summed E-state index contributed by atoms with van der Waals surface area (Å²) >= 11 is 1.63. The summed E-state index contributed by atoms with van der Waals surface area (Å²) in [6, 6.07) is 9.93. The highest BCUT2D eigenvalue weighted by Crippen LogP contribution is 2.27. The van der Waals surface area contributed by atoms with Crippen LogP contribution in [0, 0.1) is 5.92 Å². The maximum atomic E-state index is 9.58. The molecule has 4 nitrogen and oxygen atoms in total. The van der Waals surface area contributed by atoms with Crippen molar-refractivity contribution in [1.29, 1.82) is 0 Å². The first-order chi connectivity index (χ1) is 10.7. The molecule has 1 atom stereocenters. The van der Waals surface area contributed by atoms with Crippen molar-refractivity contribution in [2.75, 3.05) is 11.9 Å². The zero-order chi connectivity index (χ0) is 15.5. The number of rotatable bonds is 5. The number of thiophene rings is 1. The summed E-state index contributed by atoms with van der Waals surface area (Å²) < 4.78 is 0. The molecule has 0 amide bonds. The number of anilines is 1. The van der Waals surface area contributed by atoms with E-state index in [-0.39, 0.29) is 12.6 Å². The number of aliphatic hydroxyl groups excluding tert-OH is 1. The zero-order valence-electron chi connectivity index (χ0n) is 12.7. The maximum absolute atomic E-state index is 9.58. The van der Waals surface area contributed by atoms with Gasteiger partial charge in [-0.15, -0.1) is 0 Å². The Morgan fingerprint density at radius 1 is 1.18 bits per heavy atom. The van der Waals surface area contributed by atoms with Gasteiger partial charge in [-0.2, -0.15) is 11.3 Å². The van der Waals surface area contributed by atoms with Crippen LogP contribution in [-0.4, -0.2) is 27.7 Å². The summed E-state index contributed by atoms with van der Waals surface area (Å²) in [5.41, 5.74) is 1.92. The molecule has 0 radical (unpaired) electrons. The van der Waals surface area contributed by atoms with Gasteiger partial charge < -0.3 is 10.4 Å². The van der Waals surface area contributed by atoms with Crippen molar-refractivity contribution in [3.05, 3.63) is 41.1 Å². The van der Waals surface area contributed by atoms with E-state index in [0.717, 1.165) is 22.3 Å². The van der Waals surface area contributed by atoms with E-state index < -0.39 is 0 Å². The van der Waals surface area contributed by atoms with Crippen molar-refractivity contribution >= 4 is 28.1 Å². The van der Waals surface area contributed by atoms with Crippen molar-refractivity contribution in [2.45, 2.75) is 19.9 Å². The molecule has 0 spiro atoms. The molecule has 5 heteroatoms. The van der Waals surface area contributed by atoms with Crippen molar-refractivity contribution in [3.63, 3.8) is 0 Å². The lowest BCUT2D eigenvalue weighted by Gasteiger charge is -2.21. The van der Waals surface area contributed by atoms with Gasteiger partial charge in [-0.1, -0.05) is 26.0 Å². The van der Waals surface area contributed by atoms with E-state index in [4.69, 9.17) is 0 Å². The monoisotopic (exact) mass is 313 g/mol. The topological polar surface area (TPSA) is 58.0 Å². The zero-order valence-corrected chi connectivity index (χ0v) is 13.5. The third kappa shape index (κ3) is 2.96. The summed E-state index contributed by atoms with van der Waals surface area (Å²) in [5.74, 6) is 1.80. The Labute approximate surface area is 133 Å². The molecule has 0 aliphatic rings. The van der Waals surface area contributed by atoms with Crippen molar-refractivity contribution in [2.24, 2.45) is 5.92 Å². The van der Waals surface area contributed by atoms with E-state index in [0.29, 0.717) is 11.7 Å². The fourth-order valence-electron chi connectivity index (χ4n) is 2.31. The maximum Gasteiger partial charge on any atom is 0.162 e. The number of hydrogen-bond donors (Lipinski definition) is 2. The van der Waals surface area contributed by atoms with E-state index >= 15 is 0 Å². The quantitative estimate of drug-likeness (QED) is 0.752. The molecule has 22 heavy (non-hydrogen) atoms. The minimum Gasteiger partial charge on any atom is -0.394 e. The van der Waals surface area contributed by atoms with Gasteiger partial charge in [0.2, 0.25) is 0 Å². The molecule has 2 heterocycles. The predicted octanol–water partition coefficient (Wildman–Crippen LogP) is 3.79. The lowest BCUT2D eigenvalue weighted by atomic mass is 10.1. The molecule has 0 saturated heterocycles. The van der Waals surface area contributed by atoms with Crippen LogP contribution in [0.2, 0.25) is 0 Å². The van der Waals surface area contributed by atoms with Crippen molar-refractivity contribution in [3.8, 4) is 11.4 Å². The van der Waals surface area contributed by atoms with Crippen molar-refractivity contribution < 1.29 is 5.11 Å². The van der Waals surface area contributed by atoms with E-state index in [1.54, 1.807) is 11.3 Å². The summed E-state index contributed by atoms with van der Waals surface area (Å²) in [7, 11) is 0. The van der Waals surface area contributed by atoms with Crippen LogP contribution in [0.25, 0.3) is 22.3 Å². The Hall–Kier alpha value is -1.98. The standard InChI is InChI=1S/C17H19N3OS/c1-11(2)15(9-21)19-17-13-5-3-4-6-14(13)18-16(20-17)12-7-8-22-10-12/h3-8,10-11,15,21H,9H2,1-2H3,(H,18,19,20)/t15-/m1/s1. The molecule has 2 aromatic heterocycles. The van der Waals surface area contributed by atoms with E-state index in [2.05, 4.69) is 29.1 Å². The van der Waals surface area contributed by atoms with Crippen LogP contribution >= 0.6 is 11.3 Å². The second-order valence-electron chi connectivity index (χ2n) is 5.60.